The van der Waals surface area contributed by atoms with Crippen molar-refractivity contribution in [2.75, 3.05) is 31.2 Å². The Morgan fingerprint density at radius 1 is 1.20 bits per heavy atom. The topological polar surface area (TPSA) is 95.6 Å². The van der Waals surface area contributed by atoms with Gasteiger partial charge in [-0.05, 0) is 55.5 Å². The first kappa shape index (κ1) is 22.4. The second-order valence-electron chi connectivity index (χ2n) is 7.40. The molecule has 1 saturated heterocycles. The van der Waals surface area contributed by atoms with Gasteiger partial charge in [0.1, 0.15) is 5.82 Å². The molecule has 1 aliphatic rings. The van der Waals surface area contributed by atoms with Gasteiger partial charge in [0.05, 0.1) is 16.1 Å². The smallest absolute Gasteiger partial charge is 0.261 e. The standard InChI is InChI=1S/C20H24FN3O4S2/c1-13-10-17(23-19(25)15-4-3-5-16(21)11-15)29-18(13)20(26)22-12-14-6-8-24(9-7-14)30(2,27)28/h3-5,10-11,14H,6-9,12H2,1-2H3,(H,22,26)(H,23,25). The zero-order valence-electron chi connectivity index (χ0n) is 16.8. The Bertz CT molecular complexity index is 1040. The molecule has 1 aromatic carbocycles. The number of piperidine rings is 1. The third kappa shape index (κ3) is 5.65. The van der Waals surface area contributed by atoms with Crippen LogP contribution in [0.3, 0.4) is 0 Å². The molecular weight excluding hydrogens is 429 g/mol. The van der Waals surface area contributed by atoms with Crippen molar-refractivity contribution in [3.63, 3.8) is 0 Å². The Morgan fingerprint density at radius 2 is 1.90 bits per heavy atom. The molecule has 0 radical (unpaired) electrons. The molecule has 0 unspecified atom stereocenters. The van der Waals surface area contributed by atoms with Crippen molar-refractivity contribution >= 4 is 38.2 Å². The van der Waals surface area contributed by atoms with E-state index in [1.165, 1.54) is 28.8 Å². The number of sulfonamides is 1. The van der Waals surface area contributed by atoms with Gasteiger partial charge in [-0.25, -0.2) is 17.1 Å². The maximum absolute atomic E-state index is 13.3. The number of carbonyl (C=O) groups is 2. The molecule has 2 aromatic rings. The summed E-state index contributed by atoms with van der Waals surface area (Å²) in [5, 5.41) is 6.11. The monoisotopic (exact) mass is 453 g/mol. The SMILES string of the molecule is Cc1cc(NC(=O)c2cccc(F)c2)sc1C(=O)NCC1CCN(S(C)(=O)=O)CC1. The highest BCUT2D eigenvalue weighted by Crippen LogP contribution is 2.27. The molecule has 2 N–H and O–H groups in total. The van der Waals surface area contributed by atoms with E-state index in [4.69, 9.17) is 0 Å². The van der Waals surface area contributed by atoms with Gasteiger partial charge >= 0.3 is 0 Å². The molecule has 162 valence electrons. The van der Waals surface area contributed by atoms with Gasteiger partial charge in [0, 0.05) is 25.2 Å². The number of nitrogens with zero attached hydrogens (tertiary/aromatic N) is 1. The van der Waals surface area contributed by atoms with Crippen LogP contribution in [0, 0.1) is 18.7 Å². The molecule has 1 fully saturated rings. The largest absolute Gasteiger partial charge is 0.351 e. The molecule has 3 rings (SSSR count). The summed E-state index contributed by atoms with van der Waals surface area (Å²) in [5.41, 5.74) is 0.937. The molecule has 2 heterocycles. The molecule has 10 heteroatoms. The fourth-order valence-corrected chi connectivity index (χ4v) is 5.20. The number of benzene rings is 1. The van der Waals surface area contributed by atoms with Gasteiger partial charge in [0.15, 0.2) is 0 Å². The fraction of sp³-hybridized carbons (Fsp3) is 0.400. The quantitative estimate of drug-likeness (QED) is 0.703. The second kappa shape index (κ2) is 9.23. The second-order valence-corrected chi connectivity index (χ2v) is 10.4. The lowest BCUT2D eigenvalue weighted by Crippen LogP contribution is -2.41. The van der Waals surface area contributed by atoms with Gasteiger partial charge in [-0.1, -0.05) is 6.07 Å². The molecule has 0 atom stereocenters. The number of halogens is 1. The predicted octanol–water partition coefficient (Wildman–Crippen LogP) is 2.85. The molecule has 0 saturated carbocycles. The first-order valence-electron chi connectivity index (χ1n) is 9.54. The number of carbonyl (C=O) groups excluding carboxylic acids is 2. The van der Waals surface area contributed by atoms with Crippen LogP contribution in [-0.4, -0.2) is 50.4 Å². The summed E-state index contributed by atoms with van der Waals surface area (Å²) in [6, 6.07) is 7.10. The van der Waals surface area contributed by atoms with Gasteiger partial charge in [0.25, 0.3) is 11.8 Å². The van der Waals surface area contributed by atoms with Gasteiger partial charge in [-0.2, -0.15) is 0 Å². The average Bonchev–Trinajstić information content (AvgIpc) is 3.06. The van der Waals surface area contributed by atoms with E-state index in [0.29, 0.717) is 42.4 Å². The number of rotatable bonds is 6. The van der Waals surface area contributed by atoms with Crippen molar-refractivity contribution in [2.24, 2.45) is 5.92 Å². The van der Waals surface area contributed by atoms with Crippen LogP contribution >= 0.6 is 11.3 Å². The van der Waals surface area contributed by atoms with Crippen LogP contribution in [0.15, 0.2) is 30.3 Å². The Kier molecular flexibility index (Phi) is 6.89. The molecular formula is C20H24FN3O4S2. The van der Waals surface area contributed by atoms with Crippen LogP contribution in [0.4, 0.5) is 9.39 Å². The maximum Gasteiger partial charge on any atom is 0.261 e. The summed E-state index contributed by atoms with van der Waals surface area (Å²) in [5.74, 6) is -0.943. The first-order valence-corrected chi connectivity index (χ1v) is 12.2. The van der Waals surface area contributed by atoms with E-state index < -0.39 is 21.7 Å². The summed E-state index contributed by atoms with van der Waals surface area (Å²) >= 11 is 1.16. The van der Waals surface area contributed by atoms with Crippen molar-refractivity contribution < 1.29 is 22.4 Å². The van der Waals surface area contributed by atoms with E-state index in [9.17, 15) is 22.4 Å². The minimum atomic E-state index is -3.17. The minimum Gasteiger partial charge on any atom is -0.351 e. The average molecular weight is 454 g/mol. The summed E-state index contributed by atoms with van der Waals surface area (Å²) in [7, 11) is -3.17. The summed E-state index contributed by atoms with van der Waals surface area (Å²) in [6.45, 7) is 3.19. The van der Waals surface area contributed by atoms with E-state index in [2.05, 4.69) is 10.6 Å². The zero-order chi connectivity index (χ0) is 21.9. The van der Waals surface area contributed by atoms with Crippen molar-refractivity contribution in [1.29, 1.82) is 0 Å². The number of aryl methyl sites for hydroxylation is 1. The molecule has 30 heavy (non-hydrogen) atoms. The lowest BCUT2D eigenvalue weighted by atomic mass is 9.98. The number of hydrogen-bond donors (Lipinski definition) is 2. The number of thiophene rings is 1. The molecule has 0 spiro atoms. The molecule has 0 bridgehead atoms. The van der Waals surface area contributed by atoms with Crippen LogP contribution in [0.1, 0.15) is 38.4 Å². The Hall–Kier alpha value is -2.30. The number of nitrogens with one attached hydrogen (secondary N) is 2. The molecule has 7 nitrogen and oxygen atoms in total. The van der Waals surface area contributed by atoms with E-state index in [-0.39, 0.29) is 17.4 Å². The van der Waals surface area contributed by atoms with Crippen molar-refractivity contribution in [3.8, 4) is 0 Å². The van der Waals surface area contributed by atoms with Crippen molar-refractivity contribution in [2.45, 2.75) is 19.8 Å². The number of amides is 2. The van der Waals surface area contributed by atoms with Crippen LogP contribution in [0.5, 0.6) is 0 Å². The Morgan fingerprint density at radius 3 is 2.53 bits per heavy atom. The van der Waals surface area contributed by atoms with E-state index in [1.54, 1.807) is 13.0 Å². The molecule has 0 aliphatic carbocycles. The fourth-order valence-electron chi connectivity index (χ4n) is 3.35. The van der Waals surface area contributed by atoms with Crippen LogP contribution < -0.4 is 10.6 Å². The van der Waals surface area contributed by atoms with Gasteiger partial charge in [-0.3, -0.25) is 9.59 Å². The third-order valence-corrected chi connectivity index (χ3v) is 7.50. The van der Waals surface area contributed by atoms with Crippen LogP contribution in [0.2, 0.25) is 0 Å². The van der Waals surface area contributed by atoms with Gasteiger partial charge < -0.3 is 10.6 Å². The predicted molar refractivity (Wildman–Crippen MR) is 115 cm³/mol. The van der Waals surface area contributed by atoms with Crippen LogP contribution in [0.25, 0.3) is 0 Å². The van der Waals surface area contributed by atoms with Gasteiger partial charge in [-0.15, -0.1) is 11.3 Å². The maximum atomic E-state index is 13.3. The number of hydrogen-bond acceptors (Lipinski definition) is 5. The number of anilines is 1. The molecule has 1 aromatic heterocycles. The first-order chi connectivity index (χ1) is 14.1. The molecule has 2 amide bonds. The summed E-state index contributed by atoms with van der Waals surface area (Å²) < 4.78 is 37.9. The van der Waals surface area contributed by atoms with Gasteiger partial charge in [0.2, 0.25) is 10.0 Å². The van der Waals surface area contributed by atoms with E-state index >= 15 is 0 Å². The lowest BCUT2D eigenvalue weighted by molar-refractivity contribution is 0.0944. The Balaban J connectivity index is 1.55. The highest BCUT2D eigenvalue weighted by molar-refractivity contribution is 7.88. The summed E-state index contributed by atoms with van der Waals surface area (Å²) in [6.07, 6.45) is 2.61. The zero-order valence-corrected chi connectivity index (χ0v) is 18.4. The highest BCUT2D eigenvalue weighted by atomic mass is 32.2. The molecule has 1 aliphatic heterocycles. The van der Waals surface area contributed by atoms with E-state index in [0.717, 1.165) is 23.0 Å². The van der Waals surface area contributed by atoms with Crippen molar-refractivity contribution in [3.05, 3.63) is 52.2 Å². The van der Waals surface area contributed by atoms with Crippen molar-refractivity contribution in [1.82, 2.24) is 9.62 Å². The third-order valence-electron chi connectivity index (χ3n) is 5.04. The lowest BCUT2D eigenvalue weighted by Gasteiger charge is -2.30. The highest BCUT2D eigenvalue weighted by Gasteiger charge is 2.25. The van der Waals surface area contributed by atoms with E-state index in [1.807, 2.05) is 0 Å². The minimum absolute atomic E-state index is 0.201. The normalized spacial score (nSPS) is 15.7. The summed E-state index contributed by atoms with van der Waals surface area (Å²) in [4.78, 5) is 25.3. The van der Waals surface area contributed by atoms with Crippen LogP contribution in [-0.2, 0) is 10.0 Å². The Labute approximate surface area is 179 Å².